The van der Waals surface area contributed by atoms with Crippen molar-refractivity contribution < 1.29 is 42.6 Å². The summed E-state index contributed by atoms with van der Waals surface area (Å²) in [7, 11) is 5.13. The summed E-state index contributed by atoms with van der Waals surface area (Å²) in [6.07, 6.45) is 10.8. The molecule has 2 bridgehead atoms. The lowest BCUT2D eigenvalue weighted by atomic mass is 9.83. The van der Waals surface area contributed by atoms with Crippen LogP contribution in [0.4, 0.5) is 15.9 Å². The maximum atomic E-state index is 15.0. The Morgan fingerprint density at radius 3 is 2.51 bits per heavy atom. The Labute approximate surface area is 487 Å². The number of pyridine rings is 1. The van der Waals surface area contributed by atoms with Crippen LogP contribution in [0.3, 0.4) is 0 Å². The molecule has 5 heterocycles. The zero-order valence-electron chi connectivity index (χ0n) is 49.6. The summed E-state index contributed by atoms with van der Waals surface area (Å²) in [6, 6.07) is 13.3. The Kier molecular flexibility index (Phi) is 20.6. The van der Waals surface area contributed by atoms with Crippen molar-refractivity contribution in [2.24, 2.45) is 5.41 Å². The van der Waals surface area contributed by atoms with Crippen LogP contribution in [0.25, 0.3) is 11.1 Å². The number of nitrogens with two attached hydrogens (primary N) is 1. The number of allylic oxidation sites excluding steroid dienone is 2. The second kappa shape index (κ2) is 27.8. The fourth-order valence-corrected chi connectivity index (χ4v) is 11.4. The molecule has 5 amide bonds. The number of carbonyl (C=O) groups is 5. The van der Waals surface area contributed by atoms with Crippen LogP contribution in [0.5, 0.6) is 5.75 Å². The number of fused-ring (bicyclic) bond motifs is 8. The van der Waals surface area contributed by atoms with E-state index in [4.69, 9.17) is 25.0 Å². The summed E-state index contributed by atoms with van der Waals surface area (Å²) >= 11 is 0. The van der Waals surface area contributed by atoms with Gasteiger partial charge >= 0.3 is 0 Å². The van der Waals surface area contributed by atoms with Crippen molar-refractivity contribution in [3.8, 4) is 16.9 Å². The van der Waals surface area contributed by atoms with E-state index >= 15 is 0 Å². The van der Waals surface area contributed by atoms with E-state index in [9.17, 15) is 28.4 Å². The standard InChI is InChI=1S/C63H84FN11O8/c1-40-33-47(64)17-13-21-55(76)72(9)39-51-57(45-36-53(59(65)67-37-45)73-25-14-20-52(40)73)42(3)75(70-51)27-26-71(8)56(77)24-28-81-29-30-82-31-32-83-48-23-22-44-35-54(61(79)68-50-19-12-16-43-15-10-11-18-49(43)50)74(38-46(44)34-48)62(80)58(63(4,5)6)69-60(78)41(2)66-7/h10-11,13,15,17-18,22-23,33-34,36-37,41,50,52,54,58,66H,1,12,14,16,19-21,24-32,35,38-39H2,2-9H3,(H2,65,67)(H,68,79)(H,69,78)/b17-13-,47-33+/t41-,50+,52+,54-,58+/m0/s1. The highest BCUT2D eigenvalue weighted by molar-refractivity contribution is 5.94. The van der Waals surface area contributed by atoms with Crippen LogP contribution in [-0.4, -0.2) is 150 Å². The van der Waals surface area contributed by atoms with Gasteiger partial charge in [0, 0.05) is 69.6 Å². The topological polar surface area (TPSA) is 219 Å². The van der Waals surface area contributed by atoms with E-state index in [0.717, 1.165) is 71.3 Å². The number of nitrogens with one attached hydrogen (secondary N) is 3. The molecule has 20 heteroatoms. The Morgan fingerprint density at radius 2 is 1.73 bits per heavy atom. The SMILES string of the molecule is C=C1/C=C(F)\C=C/CC(=O)N(C)Cc2nn(CCN(C)C(=O)CCOCCOCCOc3ccc4c(c3)CN(C(=O)[C@@H](NC(=O)[C@H](C)NC)C(C)(C)C)[C@H](C(=O)N[C@@H]3CCCc5ccccc53)C4)c(C)c2-c2cnc(N)c(c2)N2CCC[C@H]12. The number of aryl methyl sites for hydroxylation is 1. The van der Waals surface area contributed by atoms with Gasteiger partial charge in [0.25, 0.3) is 0 Å². The van der Waals surface area contributed by atoms with Gasteiger partial charge in [-0.05, 0) is 117 Å². The third-order valence-corrected chi connectivity index (χ3v) is 16.4. The number of rotatable bonds is 19. The molecule has 4 aliphatic rings. The lowest BCUT2D eigenvalue weighted by Gasteiger charge is -2.41. The van der Waals surface area contributed by atoms with Crippen LogP contribution in [0.1, 0.15) is 106 Å². The number of nitrogen functional groups attached to an aromatic ring is 1. The van der Waals surface area contributed by atoms with Gasteiger partial charge in [-0.15, -0.1) is 0 Å². The maximum absolute atomic E-state index is 15.0. The molecule has 0 unspecified atom stereocenters. The first-order valence-corrected chi connectivity index (χ1v) is 29.1. The maximum Gasteiger partial charge on any atom is 0.246 e. The molecule has 2 aromatic carbocycles. The molecule has 1 saturated heterocycles. The minimum atomic E-state index is -0.900. The van der Waals surface area contributed by atoms with E-state index in [2.05, 4.69) is 44.5 Å². The molecule has 446 valence electrons. The lowest BCUT2D eigenvalue weighted by molar-refractivity contribution is -0.147. The minimum Gasteiger partial charge on any atom is -0.491 e. The van der Waals surface area contributed by atoms with Crippen molar-refractivity contribution in [3.63, 3.8) is 0 Å². The molecule has 19 nitrogen and oxygen atoms in total. The Balaban J connectivity index is 0.819. The zero-order chi connectivity index (χ0) is 59.5. The highest BCUT2D eigenvalue weighted by Crippen LogP contribution is 2.38. The van der Waals surface area contributed by atoms with Crippen molar-refractivity contribution in [3.05, 3.63) is 125 Å². The van der Waals surface area contributed by atoms with Crippen LogP contribution in [0.2, 0.25) is 0 Å². The van der Waals surface area contributed by atoms with Gasteiger partial charge in [0.2, 0.25) is 29.5 Å². The van der Waals surface area contributed by atoms with E-state index in [1.807, 2.05) is 68.8 Å². The number of nitrogens with zero attached hydrogens (tertiary/aromatic N) is 7. The fourth-order valence-electron chi connectivity index (χ4n) is 11.4. The normalized spacial score (nSPS) is 20.0. The number of likely N-dealkylation sites (N-methyl/N-ethyl adjacent to an activating group) is 2. The third-order valence-electron chi connectivity index (χ3n) is 16.4. The summed E-state index contributed by atoms with van der Waals surface area (Å²) in [5, 5.41) is 14.2. The number of hydrogen-bond acceptors (Lipinski definition) is 13. The number of anilines is 2. The van der Waals surface area contributed by atoms with Crippen molar-refractivity contribution >= 4 is 41.0 Å². The Morgan fingerprint density at radius 1 is 0.976 bits per heavy atom. The highest BCUT2D eigenvalue weighted by atomic mass is 19.1. The zero-order valence-corrected chi connectivity index (χ0v) is 49.6. The third kappa shape index (κ3) is 15.2. The largest absolute Gasteiger partial charge is 0.491 e. The number of ether oxygens (including phenoxy) is 3. The van der Waals surface area contributed by atoms with Crippen LogP contribution in [0.15, 0.2) is 90.9 Å². The fraction of sp³-hybridized carbons (Fsp3) is 0.508. The van der Waals surface area contributed by atoms with Gasteiger partial charge in [-0.25, -0.2) is 9.37 Å². The van der Waals surface area contributed by atoms with Gasteiger partial charge in [0.05, 0.1) is 75.4 Å². The highest BCUT2D eigenvalue weighted by Gasteiger charge is 2.43. The van der Waals surface area contributed by atoms with Gasteiger partial charge in [0.1, 0.15) is 36.1 Å². The average Bonchev–Trinajstić information content (AvgIpc) is 4.19. The number of halogens is 1. The van der Waals surface area contributed by atoms with E-state index < -0.39 is 29.4 Å². The molecule has 5 atom stereocenters. The first-order valence-electron chi connectivity index (χ1n) is 29.1. The molecule has 0 saturated carbocycles. The first-order chi connectivity index (χ1) is 39.7. The molecule has 1 fully saturated rings. The van der Waals surface area contributed by atoms with Gasteiger partial charge < -0.3 is 55.5 Å². The number of aromatic nitrogens is 3. The second-order valence-corrected chi connectivity index (χ2v) is 23.3. The summed E-state index contributed by atoms with van der Waals surface area (Å²) in [5.41, 5.74) is 14.4. The molecular formula is C63H84FN11O8. The van der Waals surface area contributed by atoms with Gasteiger partial charge in [-0.2, -0.15) is 5.10 Å². The van der Waals surface area contributed by atoms with E-state index in [1.165, 1.54) is 23.8 Å². The van der Waals surface area contributed by atoms with Crippen LogP contribution in [-0.2, 0) is 65.9 Å². The molecule has 83 heavy (non-hydrogen) atoms. The monoisotopic (exact) mass is 1140 g/mol. The number of carbonyl (C=O) groups excluding carboxylic acids is 5. The quantitative estimate of drug-likeness (QED) is 0.0722. The van der Waals surface area contributed by atoms with Crippen molar-refractivity contribution in [1.82, 2.24) is 45.4 Å². The molecule has 2 aromatic heterocycles. The molecule has 5 N–H and O–H groups in total. The average molecular weight is 1140 g/mol. The summed E-state index contributed by atoms with van der Waals surface area (Å²) in [6.45, 7) is 16.7. The lowest BCUT2D eigenvalue weighted by Crippen LogP contribution is -2.62. The predicted octanol–water partition coefficient (Wildman–Crippen LogP) is 6.68. The van der Waals surface area contributed by atoms with Crippen molar-refractivity contribution in [2.45, 2.75) is 136 Å². The van der Waals surface area contributed by atoms with Crippen LogP contribution in [0, 0.1) is 12.3 Å². The molecule has 1 aliphatic carbocycles. The van der Waals surface area contributed by atoms with E-state index in [-0.39, 0.29) is 94.0 Å². The smallest absolute Gasteiger partial charge is 0.246 e. The minimum absolute atomic E-state index is 0.00899. The number of amides is 5. The van der Waals surface area contributed by atoms with Gasteiger partial charge in [0.15, 0.2) is 0 Å². The van der Waals surface area contributed by atoms with Crippen LogP contribution >= 0.6 is 0 Å². The van der Waals surface area contributed by atoms with Crippen molar-refractivity contribution in [2.75, 3.05) is 77.9 Å². The van der Waals surface area contributed by atoms with Gasteiger partial charge in [-0.3, -0.25) is 28.7 Å². The second-order valence-electron chi connectivity index (χ2n) is 23.3. The molecule has 4 aromatic rings. The molecule has 3 aliphatic heterocycles. The predicted molar refractivity (Wildman–Crippen MR) is 318 cm³/mol. The van der Waals surface area contributed by atoms with Gasteiger partial charge in [-0.1, -0.05) is 63.8 Å². The van der Waals surface area contributed by atoms with E-state index in [0.29, 0.717) is 55.5 Å². The number of benzene rings is 2. The molecule has 0 spiro atoms. The Hall–Kier alpha value is -7.42. The van der Waals surface area contributed by atoms with E-state index in [1.54, 1.807) is 49.0 Å². The Bertz CT molecular complexity index is 3080. The molecule has 0 radical (unpaired) electrons. The summed E-state index contributed by atoms with van der Waals surface area (Å²) < 4.78 is 34.6. The summed E-state index contributed by atoms with van der Waals surface area (Å²) in [5.74, 6) is -0.699. The molecular weight excluding hydrogens is 1060 g/mol. The molecule has 8 rings (SSSR count). The number of hydrogen-bond donors (Lipinski definition) is 4. The summed E-state index contributed by atoms with van der Waals surface area (Å²) in [4.78, 5) is 80.5. The van der Waals surface area contributed by atoms with Crippen molar-refractivity contribution in [1.29, 1.82) is 0 Å². The first kappa shape index (κ1) is 61.6. The van der Waals surface area contributed by atoms with Crippen LogP contribution < -0.4 is 31.3 Å².